The Morgan fingerprint density at radius 2 is 1.65 bits per heavy atom. The van der Waals surface area contributed by atoms with Crippen molar-refractivity contribution in [3.05, 3.63) is 69.0 Å². The first kappa shape index (κ1) is 15.4. The molecule has 10 nitrogen and oxygen atoms in total. The summed E-state index contributed by atoms with van der Waals surface area (Å²) < 4.78 is 0. The molecule has 2 heterocycles. The second-order valence-corrected chi connectivity index (χ2v) is 5.37. The highest BCUT2D eigenvalue weighted by Gasteiger charge is 2.12. The van der Waals surface area contributed by atoms with Gasteiger partial charge in [0.25, 0.3) is 11.2 Å². The van der Waals surface area contributed by atoms with Gasteiger partial charge in [0.15, 0.2) is 5.69 Å². The fourth-order valence-corrected chi connectivity index (χ4v) is 2.42. The van der Waals surface area contributed by atoms with Crippen LogP contribution in [-0.2, 0) is 0 Å². The summed E-state index contributed by atoms with van der Waals surface area (Å²) in [6.45, 7) is 0. The molecule has 0 saturated heterocycles. The molecule has 0 aliphatic carbocycles. The van der Waals surface area contributed by atoms with Gasteiger partial charge in [-0.05, 0) is 24.3 Å². The van der Waals surface area contributed by atoms with E-state index in [9.17, 15) is 14.9 Å². The molecule has 0 spiro atoms. The minimum atomic E-state index is -0.487. The Hall–Kier alpha value is -4.08. The molecule has 10 heteroatoms. The Bertz CT molecular complexity index is 1190. The van der Waals surface area contributed by atoms with E-state index in [-0.39, 0.29) is 17.0 Å². The molecule has 4 rings (SSSR count). The van der Waals surface area contributed by atoms with Gasteiger partial charge in [-0.3, -0.25) is 20.3 Å². The highest BCUT2D eigenvalue weighted by atomic mass is 16.6. The maximum atomic E-state index is 12.2. The predicted molar refractivity (Wildman–Crippen MR) is 95.8 cm³/mol. The largest absolute Gasteiger partial charge is 0.301 e. The maximum absolute atomic E-state index is 12.2. The lowest BCUT2D eigenvalue weighted by atomic mass is 10.3. The van der Waals surface area contributed by atoms with Crippen LogP contribution in [0.1, 0.15) is 0 Å². The molecule has 0 saturated carbocycles. The topological polar surface area (TPSA) is 139 Å². The highest BCUT2D eigenvalue weighted by Crippen LogP contribution is 2.19. The number of rotatable bonds is 4. The second-order valence-electron chi connectivity index (χ2n) is 5.37. The number of anilines is 2. The lowest BCUT2D eigenvalue weighted by Crippen LogP contribution is -2.20. The normalized spacial score (nSPS) is 10.8. The smallest absolute Gasteiger partial charge is 0.291 e. The summed E-state index contributed by atoms with van der Waals surface area (Å²) in [5.74, 6) is 0. The van der Waals surface area contributed by atoms with Crippen molar-refractivity contribution in [1.82, 2.24) is 20.2 Å². The molecule has 2 aromatic heterocycles. The lowest BCUT2D eigenvalue weighted by molar-refractivity contribution is -0.384. The third kappa shape index (κ3) is 2.75. The van der Waals surface area contributed by atoms with Gasteiger partial charge in [-0.15, -0.1) is 0 Å². The number of hydrogen-bond acceptors (Lipinski definition) is 8. The van der Waals surface area contributed by atoms with Crippen LogP contribution < -0.4 is 16.4 Å². The molecule has 0 radical (unpaired) electrons. The van der Waals surface area contributed by atoms with Gasteiger partial charge in [0.2, 0.25) is 5.65 Å². The molecule has 0 bridgehead atoms. The highest BCUT2D eigenvalue weighted by molar-refractivity contribution is 5.91. The van der Waals surface area contributed by atoms with Crippen molar-refractivity contribution >= 4 is 39.3 Å². The Labute approximate surface area is 145 Å². The minimum absolute atomic E-state index is 0.0277. The summed E-state index contributed by atoms with van der Waals surface area (Å²) in [6, 6.07) is 13.0. The molecule has 3 N–H and O–H groups in total. The number of para-hydroxylation sites is 2. The minimum Gasteiger partial charge on any atom is -0.301 e. The predicted octanol–water partition coefficient (Wildman–Crippen LogP) is 2.21. The molecule has 0 fully saturated rings. The van der Waals surface area contributed by atoms with Gasteiger partial charge in [0.1, 0.15) is 5.52 Å². The van der Waals surface area contributed by atoms with E-state index in [4.69, 9.17) is 0 Å². The van der Waals surface area contributed by atoms with Gasteiger partial charge >= 0.3 is 0 Å². The average molecular weight is 349 g/mol. The first-order valence-electron chi connectivity index (χ1n) is 7.53. The number of aromatic amines is 1. The zero-order valence-electron chi connectivity index (χ0n) is 13.1. The SMILES string of the molecule is O=c1[nH]nc2nc3ccccc3nc2c1NNc1ccc([N+](=O)[O-])cc1. The van der Waals surface area contributed by atoms with Crippen LogP contribution in [0, 0.1) is 10.1 Å². The van der Waals surface area contributed by atoms with Crippen molar-refractivity contribution in [2.75, 3.05) is 10.9 Å². The molecular formula is C16H11N7O3. The quantitative estimate of drug-likeness (QED) is 0.289. The fraction of sp³-hybridized carbons (Fsp3) is 0. The maximum Gasteiger partial charge on any atom is 0.291 e. The zero-order valence-corrected chi connectivity index (χ0v) is 13.1. The third-order valence-electron chi connectivity index (χ3n) is 3.69. The fourth-order valence-electron chi connectivity index (χ4n) is 2.42. The van der Waals surface area contributed by atoms with Crippen molar-refractivity contribution in [1.29, 1.82) is 0 Å². The van der Waals surface area contributed by atoms with Gasteiger partial charge < -0.3 is 5.43 Å². The number of nitro benzene ring substituents is 1. The zero-order chi connectivity index (χ0) is 18.1. The third-order valence-corrected chi connectivity index (χ3v) is 3.69. The second kappa shape index (κ2) is 6.09. The van der Waals surface area contributed by atoms with E-state index in [2.05, 4.69) is 31.0 Å². The lowest BCUT2D eigenvalue weighted by Gasteiger charge is -2.10. The molecule has 4 aromatic rings. The van der Waals surface area contributed by atoms with E-state index in [1.54, 1.807) is 12.1 Å². The molecule has 0 atom stereocenters. The molecule has 0 amide bonds. The van der Waals surface area contributed by atoms with Crippen molar-refractivity contribution < 1.29 is 4.92 Å². The van der Waals surface area contributed by atoms with Crippen molar-refractivity contribution in [2.24, 2.45) is 0 Å². The molecule has 0 aliphatic heterocycles. The van der Waals surface area contributed by atoms with Crippen molar-refractivity contribution in [3.63, 3.8) is 0 Å². The van der Waals surface area contributed by atoms with Crippen LogP contribution in [0.25, 0.3) is 22.2 Å². The van der Waals surface area contributed by atoms with Crippen molar-refractivity contribution in [2.45, 2.75) is 0 Å². The molecule has 0 unspecified atom stereocenters. The standard InChI is InChI=1S/C16H11N7O3/c24-16-14(20-19-9-5-7-10(8-6-9)23(25)26)13-15(21-22-16)18-12-4-2-1-3-11(12)17-13/h1-8,19H,(H,22,24)(H,18,20,21). The van der Waals surface area contributed by atoms with Gasteiger partial charge in [-0.1, -0.05) is 12.1 Å². The van der Waals surface area contributed by atoms with Crippen LogP contribution >= 0.6 is 0 Å². The van der Waals surface area contributed by atoms with E-state index in [1.807, 2.05) is 12.1 Å². The van der Waals surface area contributed by atoms with E-state index in [0.717, 1.165) is 0 Å². The average Bonchev–Trinajstić information content (AvgIpc) is 2.66. The molecular weight excluding hydrogens is 338 g/mol. The summed E-state index contributed by atoms with van der Waals surface area (Å²) in [4.78, 5) is 31.2. The molecule has 128 valence electrons. The number of fused-ring (bicyclic) bond motifs is 2. The number of nitrogens with zero attached hydrogens (tertiary/aromatic N) is 4. The Morgan fingerprint density at radius 3 is 2.35 bits per heavy atom. The monoisotopic (exact) mass is 349 g/mol. The molecule has 0 aliphatic rings. The number of hydrazine groups is 1. The van der Waals surface area contributed by atoms with E-state index in [1.165, 1.54) is 24.3 Å². The molecule has 26 heavy (non-hydrogen) atoms. The Balaban J connectivity index is 1.71. The first-order valence-corrected chi connectivity index (χ1v) is 7.53. The summed E-state index contributed by atoms with van der Waals surface area (Å²) in [7, 11) is 0. The van der Waals surface area contributed by atoms with E-state index < -0.39 is 10.5 Å². The number of nitrogens with one attached hydrogen (secondary N) is 3. The number of non-ortho nitro benzene ring substituents is 1. The number of benzene rings is 2. The van der Waals surface area contributed by atoms with Crippen molar-refractivity contribution in [3.8, 4) is 0 Å². The van der Waals surface area contributed by atoms with E-state index in [0.29, 0.717) is 22.2 Å². The summed E-state index contributed by atoms with van der Waals surface area (Å²) in [5, 5.41) is 17.0. The summed E-state index contributed by atoms with van der Waals surface area (Å²) in [6.07, 6.45) is 0. The van der Waals surface area contributed by atoms with Crippen LogP contribution in [0.4, 0.5) is 17.1 Å². The van der Waals surface area contributed by atoms with Crippen LogP contribution in [0.5, 0.6) is 0 Å². The van der Waals surface area contributed by atoms with Crippen LogP contribution in [-0.4, -0.2) is 25.1 Å². The number of aromatic nitrogens is 4. The Morgan fingerprint density at radius 1 is 0.962 bits per heavy atom. The van der Waals surface area contributed by atoms with Gasteiger partial charge in [-0.25, -0.2) is 15.1 Å². The van der Waals surface area contributed by atoms with Crippen LogP contribution in [0.3, 0.4) is 0 Å². The molecule has 2 aromatic carbocycles. The number of hydrogen-bond donors (Lipinski definition) is 3. The number of nitro groups is 1. The first-order chi connectivity index (χ1) is 12.6. The van der Waals surface area contributed by atoms with Crippen LogP contribution in [0.2, 0.25) is 0 Å². The van der Waals surface area contributed by atoms with Gasteiger partial charge in [0.05, 0.1) is 21.6 Å². The Kier molecular flexibility index (Phi) is 3.62. The van der Waals surface area contributed by atoms with Crippen LogP contribution in [0.15, 0.2) is 53.3 Å². The van der Waals surface area contributed by atoms with E-state index >= 15 is 0 Å². The van der Waals surface area contributed by atoms with Gasteiger partial charge in [0, 0.05) is 12.1 Å². The number of H-pyrrole nitrogens is 1. The van der Waals surface area contributed by atoms with Gasteiger partial charge in [-0.2, -0.15) is 5.10 Å². The summed E-state index contributed by atoms with van der Waals surface area (Å²) >= 11 is 0. The summed E-state index contributed by atoms with van der Waals surface area (Å²) in [5.41, 5.74) is 7.66.